The van der Waals surface area contributed by atoms with Crippen LogP contribution >= 0.6 is 12.2 Å². The van der Waals surface area contributed by atoms with E-state index in [2.05, 4.69) is 10.00 Å². The molecule has 0 spiro atoms. The van der Waals surface area contributed by atoms with Gasteiger partial charge >= 0.3 is 5.97 Å². The number of nitrogens with zero attached hydrogens (tertiary/aromatic N) is 3. The monoisotopic (exact) mass is 361 g/mol. The topological polar surface area (TPSA) is 60.5 Å². The fourth-order valence-electron chi connectivity index (χ4n) is 2.97. The number of ether oxygens (including phenoxy) is 1. The lowest BCUT2D eigenvalue weighted by Gasteiger charge is -2.30. The molecule has 134 valence electrons. The van der Waals surface area contributed by atoms with Crippen molar-refractivity contribution in [1.82, 2.24) is 14.7 Å². The van der Waals surface area contributed by atoms with Gasteiger partial charge in [0.2, 0.25) is 5.89 Å². The lowest BCUT2D eigenvalue weighted by molar-refractivity contribution is -0.149. The highest BCUT2D eigenvalue weighted by Gasteiger charge is 2.26. The molecule has 1 aromatic heterocycles. The van der Waals surface area contributed by atoms with E-state index in [1.807, 2.05) is 38.1 Å². The van der Waals surface area contributed by atoms with Crippen molar-refractivity contribution in [3.8, 4) is 11.5 Å². The van der Waals surface area contributed by atoms with Crippen LogP contribution in [0.25, 0.3) is 11.5 Å². The summed E-state index contributed by atoms with van der Waals surface area (Å²) in [7, 11) is 0. The van der Waals surface area contributed by atoms with Gasteiger partial charge in [-0.2, -0.15) is 0 Å². The quantitative estimate of drug-likeness (QED) is 0.601. The third-order valence-electron chi connectivity index (χ3n) is 4.45. The summed E-state index contributed by atoms with van der Waals surface area (Å²) in [6.45, 7) is 6.53. The molecule has 1 fully saturated rings. The number of rotatable bonds is 5. The second-order valence-corrected chi connectivity index (χ2v) is 6.67. The van der Waals surface area contributed by atoms with E-state index in [0.29, 0.717) is 24.0 Å². The fraction of sp³-hybridized carbons (Fsp3) is 0.500. The van der Waals surface area contributed by atoms with Crippen molar-refractivity contribution in [3.63, 3.8) is 0 Å². The summed E-state index contributed by atoms with van der Waals surface area (Å²) in [5, 5.41) is 4.50. The smallest absolute Gasteiger partial charge is 0.309 e. The van der Waals surface area contributed by atoms with Crippen molar-refractivity contribution in [1.29, 1.82) is 0 Å². The lowest BCUT2D eigenvalue weighted by atomic mass is 9.97. The molecule has 1 aromatic carbocycles. The Balaban J connectivity index is 1.62. The maximum atomic E-state index is 11.8. The van der Waals surface area contributed by atoms with Gasteiger partial charge in [0, 0.05) is 18.7 Å². The van der Waals surface area contributed by atoms with E-state index in [4.69, 9.17) is 21.4 Å². The summed E-state index contributed by atoms with van der Waals surface area (Å²) in [6.07, 6.45) is 1.60. The predicted octanol–water partition coefficient (Wildman–Crippen LogP) is 3.41. The Morgan fingerprint density at radius 2 is 2.00 bits per heavy atom. The molecule has 0 saturated carbocycles. The van der Waals surface area contributed by atoms with Crippen molar-refractivity contribution in [2.24, 2.45) is 5.92 Å². The van der Waals surface area contributed by atoms with Crippen LogP contribution in [0.2, 0.25) is 0 Å². The minimum atomic E-state index is -0.0816. The molecule has 2 aromatic rings. The molecule has 0 N–H and O–H groups in total. The van der Waals surface area contributed by atoms with Gasteiger partial charge in [0.25, 0.3) is 4.84 Å². The molecule has 25 heavy (non-hydrogen) atoms. The van der Waals surface area contributed by atoms with E-state index in [1.54, 1.807) is 4.68 Å². The molecule has 6 nitrogen and oxygen atoms in total. The maximum Gasteiger partial charge on any atom is 0.309 e. The highest BCUT2D eigenvalue weighted by Crippen LogP contribution is 2.21. The first-order valence-corrected chi connectivity index (χ1v) is 9.01. The molecule has 0 amide bonds. The van der Waals surface area contributed by atoms with E-state index in [1.165, 1.54) is 5.56 Å². The SMILES string of the molecule is CCOC(=O)C1CCN(Cn2nc(-c3ccc(C)cc3)oc2=S)CC1. The van der Waals surface area contributed by atoms with Gasteiger partial charge < -0.3 is 9.15 Å². The number of hydrogen-bond acceptors (Lipinski definition) is 6. The molecule has 0 atom stereocenters. The third-order valence-corrected chi connectivity index (χ3v) is 4.74. The summed E-state index contributed by atoms with van der Waals surface area (Å²) in [5.41, 5.74) is 2.10. The standard InChI is InChI=1S/C18H23N3O3S/c1-3-23-17(22)15-8-10-20(11-9-15)12-21-18(25)24-16(19-21)14-6-4-13(2)5-7-14/h4-7,15H,3,8-12H2,1-2H3. The van der Waals surface area contributed by atoms with E-state index in [-0.39, 0.29) is 11.9 Å². The largest absolute Gasteiger partial charge is 0.466 e. The minimum absolute atomic E-state index is 0.00426. The number of hydrogen-bond donors (Lipinski definition) is 0. The first-order valence-electron chi connectivity index (χ1n) is 8.61. The van der Waals surface area contributed by atoms with Crippen LogP contribution in [0.4, 0.5) is 0 Å². The highest BCUT2D eigenvalue weighted by molar-refractivity contribution is 7.71. The molecule has 0 bridgehead atoms. The van der Waals surface area contributed by atoms with Gasteiger partial charge in [0.1, 0.15) is 0 Å². The zero-order valence-electron chi connectivity index (χ0n) is 14.6. The van der Waals surface area contributed by atoms with Gasteiger partial charge in [-0.3, -0.25) is 9.69 Å². The Morgan fingerprint density at radius 3 is 2.64 bits per heavy atom. The van der Waals surface area contributed by atoms with Gasteiger partial charge in [0.15, 0.2) is 0 Å². The van der Waals surface area contributed by atoms with Crippen LogP contribution in [0.15, 0.2) is 28.7 Å². The van der Waals surface area contributed by atoms with Crippen molar-refractivity contribution in [2.45, 2.75) is 33.4 Å². The van der Waals surface area contributed by atoms with E-state index in [9.17, 15) is 4.79 Å². The maximum absolute atomic E-state index is 11.8. The predicted molar refractivity (Wildman–Crippen MR) is 96.4 cm³/mol. The van der Waals surface area contributed by atoms with Gasteiger partial charge in [-0.05, 0) is 51.0 Å². The van der Waals surface area contributed by atoms with Crippen LogP contribution in [-0.2, 0) is 16.2 Å². The zero-order valence-corrected chi connectivity index (χ0v) is 15.4. The number of aryl methyl sites for hydroxylation is 1. The fourth-order valence-corrected chi connectivity index (χ4v) is 3.15. The minimum Gasteiger partial charge on any atom is -0.466 e. The van der Waals surface area contributed by atoms with E-state index < -0.39 is 0 Å². The second-order valence-electron chi connectivity index (χ2n) is 6.32. The van der Waals surface area contributed by atoms with Crippen LogP contribution in [-0.4, -0.2) is 40.3 Å². The Labute approximate surface area is 152 Å². The number of benzene rings is 1. The Hall–Kier alpha value is -1.99. The Bertz CT molecular complexity index is 774. The lowest BCUT2D eigenvalue weighted by Crippen LogP contribution is -2.38. The van der Waals surface area contributed by atoms with Crippen LogP contribution < -0.4 is 0 Å². The summed E-state index contributed by atoms with van der Waals surface area (Å²) >= 11 is 5.30. The van der Waals surface area contributed by atoms with Crippen molar-refractivity contribution in [3.05, 3.63) is 34.7 Å². The highest BCUT2D eigenvalue weighted by atomic mass is 32.1. The van der Waals surface area contributed by atoms with Gasteiger partial charge in [0.05, 0.1) is 19.2 Å². The van der Waals surface area contributed by atoms with Gasteiger partial charge in [-0.1, -0.05) is 17.7 Å². The third kappa shape index (κ3) is 4.35. The molecule has 0 radical (unpaired) electrons. The normalized spacial score (nSPS) is 16.1. The number of piperidine rings is 1. The van der Waals surface area contributed by atoms with Crippen molar-refractivity contribution < 1.29 is 13.9 Å². The molecule has 1 aliphatic rings. The van der Waals surface area contributed by atoms with Crippen LogP contribution in [0.1, 0.15) is 25.3 Å². The number of likely N-dealkylation sites (tertiary alicyclic amines) is 1. The van der Waals surface area contributed by atoms with Crippen LogP contribution in [0.3, 0.4) is 0 Å². The average molecular weight is 361 g/mol. The molecule has 0 aliphatic carbocycles. The van der Waals surface area contributed by atoms with Crippen molar-refractivity contribution >= 4 is 18.2 Å². The molecular weight excluding hydrogens is 338 g/mol. The Kier molecular flexibility index (Phi) is 5.65. The molecule has 0 unspecified atom stereocenters. The molecule has 2 heterocycles. The van der Waals surface area contributed by atoms with Crippen LogP contribution in [0.5, 0.6) is 0 Å². The van der Waals surface area contributed by atoms with Crippen LogP contribution in [0, 0.1) is 17.7 Å². The molecule has 3 rings (SSSR count). The first-order chi connectivity index (χ1) is 12.1. The zero-order chi connectivity index (χ0) is 17.8. The summed E-state index contributed by atoms with van der Waals surface area (Å²) in [6, 6.07) is 8.00. The summed E-state index contributed by atoms with van der Waals surface area (Å²) in [4.78, 5) is 14.4. The number of carbonyl (C=O) groups excluding carboxylic acids is 1. The molecule has 1 saturated heterocycles. The number of esters is 1. The first kappa shape index (κ1) is 17.8. The van der Waals surface area contributed by atoms with E-state index in [0.717, 1.165) is 31.5 Å². The van der Waals surface area contributed by atoms with Gasteiger partial charge in [-0.25, -0.2) is 4.68 Å². The molecular formula is C18H23N3O3S. The summed E-state index contributed by atoms with van der Waals surface area (Å²) < 4.78 is 12.5. The summed E-state index contributed by atoms with van der Waals surface area (Å²) in [5.74, 6) is 0.456. The Morgan fingerprint density at radius 1 is 1.32 bits per heavy atom. The van der Waals surface area contributed by atoms with Gasteiger partial charge in [-0.15, -0.1) is 5.10 Å². The second kappa shape index (κ2) is 7.93. The number of carbonyl (C=O) groups is 1. The number of aromatic nitrogens is 2. The van der Waals surface area contributed by atoms with Crippen molar-refractivity contribution in [2.75, 3.05) is 19.7 Å². The molecule has 1 aliphatic heterocycles. The van der Waals surface area contributed by atoms with E-state index >= 15 is 0 Å². The average Bonchev–Trinajstić information content (AvgIpc) is 2.97. The molecule has 7 heteroatoms.